The second-order valence-electron chi connectivity index (χ2n) is 3.05. The molecule has 5 heteroatoms. The minimum atomic E-state index is 0.461. The number of hydrogen-bond acceptors (Lipinski definition) is 3. The van der Waals surface area contributed by atoms with Gasteiger partial charge in [-0.05, 0) is 41.1 Å². The molecule has 0 bridgehead atoms. The minimum absolute atomic E-state index is 0.461. The van der Waals surface area contributed by atoms with Gasteiger partial charge in [0.2, 0.25) is 0 Å². The molecule has 3 nitrogen and oxygen atoms in total. The first-order valence-corrected chi connectivity index (χ1v) is 5.73. The van der Waals surface area contributed by atoms with Gasteiger partial charge in [0.25, 0.3) is 0 Å². The summed E-state index contributed by atoms with van der Waals surface area (Å²) in [5.41, 5.74) is 1.84. The highest BCUT2D eigenvalue weighted by Crippen LogP contribution is 2.18. The molecular weight excluding hydrogens is 324 g/mol. The van der Waals surface area contributed by atoms with Crippen molar-refractivity contribution in [1.29, 1.82) is 0 Å². The van der Waals surface area contributed by atoms with Gasteiger partial charge < -0.3 is 0 Å². The van der Waals surface area contributed by atoms with Gasteiger partial charge in [-0.1, -0.05) is 17.7 Å². The van der Waals surface area contributed by atoms with E-state index in [4.69, 9.17) is 11.6 Å². The number of rotatable bonds is 1. The first-order valence-electron chi connectivity index (χ1n) is 4.28. The largest absolute Gasteiger partial charge is 0.253 e. The molecule has 2 aromatic heterocycles. The maximum Gasteiger partial charge on any atom is 0.179 e. The fourth-order valence-corrected chi connectivity index (χ4v) is 1.46. The molecule has 0 aliphatic carbocycles. The average molecular weight is 332 g/mol. The van der Waals surface area contributed by atoms with Gasteiger partial charge in [0.1, 0.15) is 10.8 Å². The van der Waals surface area contributed by atoms with Crippen LogP contribution < -0.4 is 0 Å². The molecule has 0 radical (unpaired) electrons. The molecule has 0 saturated carbocycles. The predicted molar refractivity (Wildman–Crippen MR) is 67.7 cm³/mol. The van der Waals surface area contributed by atoms with Gasteiger partial charge in [-0.3, -0.25) is 4.98 Å². The number of nitrogens with zero attached hydrogens (tertiary/aromatic N) is 3. The van der Waals surface area contributed by atoms with Crippen LogP contribution in [-0.4, -0.2) is 15.0 Å². The molecule has 2 aromatic rings. The van der Waals surface area contributed by atoms with Crippen LogP contribution >= 0.6 is 34.2 Å². The lowest BCUT2D eigenvalue weighted by molar-refractivity contribution is 1.12. The van der Waals surface area contributed by atoms with E-state index in [0.717, 1.165) is 14.8 Å². The molecule has 0 unspecified atom stereocenters. The second kappa shape index (κ2) is 4.40. The molecule has 15 heavy (non-hydrogen) atoms. The van der Waals surface area contributed by atoms with E-state index in [1.807, 2.05) is 19.1 Å². The SMILES string of the molecule is Cc1ccc(-c2ncc(I)c(Cl)n2)nc1. The fourth-order valence-electron chi connectivity index (χ4n) is 1.07. The minimum Gasteiger partial charge on any atom is -0.253 e. The Morgan fingerprint density at radius 2 is 2.00 bits per heavy atom. The van der Waals surface area contributed by atoms with Crippen molar-refractivity contribution >= 4 is 34.2 Å². The van der Waals surface area contributed by atoms with Crippen LogP contribution in [0.2, 0.25) is 5.15 Å². The van der Waals surface area contributed by atoms with Crippen molar-refractivity contribution in [2.75, 3.05) is 0 Å². The lowest BCUT2D eigenvalue weighted by Crippen LogP contribution is -1.93. The van der Waals surface area contributed by atoms with Crippen molar-refractivity contribution in [2.45, 2.75) is 6.92 Å². The quantitative estimate of drug-likeness (QED) is 0.595. The Morgan fingerprint density at radius 1 is 1.20 bits per heavy atom. The smallest absolute Gasteiger partial charge is 0.179 e. The topological polar surface area (TPSA) is 38.7 Å². The summed E-state index contributed by atoms with van der Waals surface area (Å²) < 4.78 is 0.838. The highest BCUT2D eigenvalue weighted by atomic mass is 127. The van der Waals surface area contributed by atoms with Crippen molar-refractivity contribution in [3.8, 4) is 11.5 Å². The van der Waals surface area contributed by atoms with E-state index < -0.39 is 0 Å². The summed E-state index contributed by atoms with van der Waals surface area (Å²) >= 11 is 8.00. The summed E-state index contributed by atoms with van der Waals surface area (Å²) in [6.45, 7) is 1.98. The molecule has 0 aromatic carbocycles. The van der Waals surface area contributed by atoms with E-state index >= 15 is 0 Å². The Kier molecular flexibility index (Phi) is 3.16. The summed E-state index contributed by atoms with van der Waals surface area (Å²) in [6.07, 6.45) is 3.47. The van der Waals surface area contributed by atoms with E-state index in [1.54, 1.807) is 12.4 Å². The van der Waals surface area contributed by atoms with E-state index in [2.05, 4.69) is 37.5 Å². The van der Waals surface area contributed by atoms with Crippen LogP contribution in [0.5, 0.6) is 0 Å². The molecule has 0 atom stereocenters. The molecule has 0 saturated heterocycles. The zero-order valence-corrected chi connectivity index (χ0v) is 10.8. The third-order valence-electron chi connectivity index (χ3n) is 1.84. The van der Waals surface area contributed by atoms with Crippen molar-refractivity contribution in [1.82, 2.24) is 15.0 Å². The zero-order chi connectivity index (χ0) is 10.8. The Balaban J connectivity index is 2.45. The van der Waals surface area contributed by atoms with Crippen LogP contribution in [0.25, 0.3) is 11.5 Å². The second-order valence-corrected chi connectivity index (χ2v) is 4.57. The summed E-state index contributed by atoms with van der Waals surface area (Å²) in [6, 6.07) is 3.85. The van der Waals surface area contributed by atoms with Gasteiger partial charge in [0, 0.05) is 12.4 Å². The van der Waals surface area contributed by atoms with Gasteiger partial charge in [-0.15, -0.1) is 0 Å². The van der Waals surface area contributed by atoms with Crippen LogP contribution in [0, 0.1) is 10.5 Å². The summed E-state index contributed by atoms with van der Waals surface area (Å²) in [4.78, 5) is 12.6. The summed E-state index contributed by atoms with van der Waals surface area (Å²) in [7, 11) is 0. The average Bonchev–Trinajstić information content (AvgIpc) is 2.23. The van der Waals surface area contributed by atoms with Gasteiger partial charge in [-0.25, -0.2) is 9.97 Å². The molecule has 0 N–H and O–H groups in total. The molecular formula is C10H7ClIN3. The van der Waals surface area contributed by atoms with Gasteiger partial charge in [0.05, 0.1) is 3.57 Å². The lowest BCUT2D eigenvalue weighted by atomic mass is 10.2. The highest BCUT2D eigenvalue weighted by Gasteiger charge is 2.05. The van der Waals surface area contributed by atoms with Gasteiger partial charge >= 0.3 is 0 Å². The maximum absolute atomic E-state index is 5.91. The third kappa shape index (κ3) is 2.43. The van der Waals surface area contributed by atoms with Gasteiger partial charge in [0.15, 0.2) is 5.82 Å². The molecule has 0 aliphatic heterocycles. The zero-order valence-electron chi connectivity index (χ0n) is 7.91. The standard InChI is InChI=1S/C10H7ClIN3/c1-6-2-3-8(13-4-6)10-14-5-7(12)9(11)15-10/h2-5H,1H3. The first-order chi connectivity index (χ1) is 7.16. The van der Waals surface area contributed by atoms with Crippen molar-refractivity contribution in [3.05, 3.63) is 38.8 Å². The number of halogens is 2. The van der Waals surface area contributed by atoms with Gasteiger partial charge in [-0.2, -0.15) is 0 Å². The molecule has 76 valence electrons. The van der Waals surface area contributed by atoms with E-state index in [9.17, 15) is 0 Å². The highest BCUT2D eigenvalue weighted by molar-refractivity contribution is 14.1. The normalized spacial score (nSPS) is 10.3. The molecule has 0 amide bonds. The molecule has 2 rings (SSSR count). The molecule has 0 aliphatic rings. The number of aryl methyl sites for hydroxylation is 1. The summed E-state index contributed by atoms with van der Waals surface area (Å²) in [5.74, 6) is 0.556. The van der Waals surface area contributed by atoms with E-state index in [1.165, 1.54) is 0 Å². The van der Waals surface area contributed by atoms with Crippen LogP contribution in [-0.2, 0) is 0 Å². The maximum atomic E-state index is 5.91. The monoisotopic (exact) mass is 331 g/mol. The number of pyridine rings is 1. The van der Waals surface area contributed by atoms with Crippen LogP contribution in [0.1, 0.15) is 5.56 Å². The van der Waals surface area contributed by atoms with E-state index in [-0.39, 0.29) is 0 Å². The Bertz CT molecular complexity index is 485. The molecule has 0 spiro atoms. The number of aromatic nitrogens is 3. The Hall–Kier alpha value is -0.750. The molecule has 0 fully saturated rings. The lowest BCUT2D eigenvalue weighted by Gasteiger charge is -2.00. The first kappa shape index (κ1) is 10.8. The summed E-state index contributed by atoms with van der Waals surface area (Å²) in [5, 5.41) is 0.461. The van der Waals surface area contributed by atoms with Crippen molar-refractivity contribution in [2.24, 2.45) is 0 Å². The Morgan fingerprint density at radius 3 is 2.60 bits per heavy atom. The van der Waals surface area contributed by atoms with Crippen molar-refractivity contribution in [3.63, 3.8) is 0 Å². The third-order valence-corrected chi connectivity index (χ3v) is 3.24. The van der Waals surface area contributed by atoms with E-state index in [0.29, 0.717) is 11.0 Å². The molecule has 2 heterocycles. The number of hydrogen-bond donors (Lipinski definition) is 0. The van der Waals surface area contributed by atoms with Crippen LogP contribution in [0.3, 0.4) is 0 Å². The fraction of sp³-hybridized carbons (Fsp3) is 0.100. The van der Waals surface area contributed by atoms with Crippen LogP contribution in [0.4, 0.5) is 0 Å². The van der Waals surface area contributed by atoms with Crippen LogP contribution in [0.15, 0.2) is 24.5 Å². The van der Waals surface area contributed by atoms with Crippen molar-refractivity contribution < 1.29 is 0 Å². The predicted octanol–water partition coefficient (Wildman–Crippen LogP) is 3.11. The Labute approximate surface area is 106 Å².